The molecule has 9 heteroatoms. The third-order valence-corrected chi connectivity index (χ3v) is 6.64. The van der Waals surface area contributed by atoms with Gasteiger partial charge in [-0.3, -0.25) is 9.59 Å². The number of ether oxygens (including phenoxy) is 3. The van der Waals surface area contributed by atoms with Crippen molar-refractivity contribution in [2.45, 2.75) is 46.6 Å². The number of carbonyl (C=O) groups is 2. The Morgan fingerprint density at radius 2 is 1.87 bits per heavy atom. The highest BCUT2D eigenvalue weighted by molar-refractivity contribution is 6.46. The Balaban J connectivity index is 1.89. The average molecular weight is 522 g/mol. The maximum atomic E-state index is 13.4. The van der Waals surface area contributed by atoms with Gasteiger partial charge in [-0.25, -0.2) is 4.98 Å². The van der Waals surface area contributed by atoms with Gasteiger partial charge in [-0.05, 0) is 62.9 Å². The largest absolute Gasteiger partial charge is 0.505 e. The van der Waals surface area contributed by atoms with Crippen molar-refractivity contribution in [1.29, 1.82) is 0 Å². The number of rotatable bonds is 11. The molecule has 0 spiro atoms. The van der Waals surface area contributed by atoms with Gasteiger partial charge in [0.25, 0.3) is 11.7 Å². The summed E-state index contributed by atoms with van der Waals surface area (Å²) >= 11 is 0. The van der Waals surface area contributed by atoms with Crippen molar-refractivity contribution in [3.8, 4) is 11.5 Å². The summed E-state index contributed by atoms with van der Waals surface area (Å²) in [6, 6.07) is 8.37. The lowest BCUT2D eigenvalue weighted by atomic mass is 9.96. The molecule has 2 aromatic heterocycles. The van der Waals surface area contributed by atoms with Gasteiger partial charge in [0.05, 0.1) is 30.5 Å². The Kier molecular flexibility index (Phi) is 8.36. The summed E-state index contributed by atoms with van der Waals surface area (Å²) in [5.41, 5.74) is 3.18. The Hall–Kier alpha value is -3.85. The second kappa shape index (κ2) is 11.7. The molecular formula is C29H35N3O6. The number of hydrogen-bond donors (Lipinski definition) is 1. The van der Waals surface area contributed by atoms with Gasteiger partial charge in [0.15, 0.2) is 17.3 Å². The Labute approximate surface area is 222 Å². The minimum atomic E-state index is -0.823. The van der Waals surface area contributed by atoms with E-state index in [1.807, 2.05) is 50.4 Å². The summed E-state index contributed by atoms with van der Waals surface area (Å²) < 4.78 is 18.7. The number of nitrogens with zero attached hydrogens (tertiary/aromatic N) is 3. The van der Waals surface area contributed by atoms with Crippen LogP contribution in [0.3, 0.4) is 0 Å². The molecule has 3 heterocycles. The number of methoxy groups -OCH3 is 1. The van der Waals surface area contributed by atoms with Crippen molar-refractivity contribution in [2.24, 2.45) is 0 Å². The molecule has 0 radical (unpaired) electrons. The molecule has 1 N–H and O–H groups in total. The van der Waals surface area contributed by atoms with Crippen molar-refractivity contribution in [1.82, 2.24) is 14.3 Å². The van der Waals surface area contributed by atoms with Crippen LogP contribution >= 0.6 is 0 Å². The SMILES string of the molecule is CCCOc1ccc(C2C(=C(O)c3nc4c(C)cccn4c3C)C(=O)C(=O)N2CCCOC)cc1OCC. The fraction of sp³-hybridized carbons (Fsp3) is 0.414. The number of ketones is 1. The van der Waals surface area contributed by atoms with E-state index in [1.165, 1.54) is 4.90 Å². The minimum absolute atomic E-state index is 0.00116. The van der Waals surface area contributed by atoms with E-state index in [2.05, 4.69) is 4.98 Å². The van der Waals surface area contributed by atoms with Crippen molar-refractivity contribution in [3.63, 3.8) is 0 Å². The number of aliphatic hydroxyl groups is 1. The van der Waals surface area contributed by atoms with Crippen molar-refractivity contribution in [2.75, 3.05) is 33.5 Å². The van der Waals surface area contributed by atoms with Crippen LogP contribution in [0.5, 0.6) is 11.5 Å². The summed E-state index contributed by atoms with van der Waals surface area (Å²) in [5, 5.41) is 11.6. The monoisotopic (exact) mass is 521 g/mol. The maximum absolute atomic E-state index is 13.4. The molecule has 202 valence electrons. The zero-order chi connectivity index (χ0) is 27.4. The molecule has 1 amide bonds. The first-order valence-electron chi connectivity index (χ1n) is 12.9. The van der Waals surface area contributed by atoms with Gasteiger partial charge < -0.3 is 28.6 Å². The van der Waals surface area contributed by atoms with Crippen LogP contribution in [-0.2, 0) is 14.3 Å². The topological polar surface area (TPSA) is 103 Å². The number of likely N-dealkylation sites (tertiary alicyclic amines) is 1. The molecule has 3 aromatic rings. The normalized spacial score (nSPS) is 17.0. The average Bonchev–Trinajstić information content (AvgIpc) is 3.38. The van der Waals surface area contributed by atoms with Crippen molar-refractivity contribution in [3.05, 3.63) is 64.6 Å². The number of hydrogen-bond acceptors (Lipinski definition) is 7. The molecular weight excluding hydrogens is 486 g/mol. The quantitative estimate of drug-likeness (QED) is 0.170. The maximum Gasteiger partial charge on any atom is 0.295 e. The number of pyridine rings is 1. The van der Waals surface area contributed by atoms with Gasteiger partial charge >= 0.3 is 0 Å². The third kappa shape index (κ3) is 4.98. The van der Waals surface area contributed by atoms with Crippen LogP contribution in [0, 0.1) is 13.8 Å². The second-order valence-electron chi connectivity index (χ2n) is 9.26. The number of imidazole rings is 1. The second-order valence-corrected chi connectivity index (χ2v) is 9.26. The first-order chi connectivity index (χ1) is 18.3. The molecule has 0 bridgehead atoms. The molecule has 1 aromatic carbocycles. The molecule has 1 saturated heterocycles. The number of aromatic nitrogens is 2. The molecule has 0 saturated carbocycles. The van der Waals surface area contributed by atoms with E-state index < -0.39 is 17.7 Å². The molecule has 1 unspecified atom stereocenters. The molecule has 0 aliphatic carbocycles. The van der Waals surface area contributed by atoms with Crippen LogP contribution in [0.15, 0.2) is 42.1 Å². The zero-order valence-corrected chi connectivity index (χ0v) is 22.6. The molecule has 38 heavy (non-hydrogen) atoms. The predicted molar refractivity (Wildman–Crippen MR) is 144 cm³/mol. The van der Waals surface area contributed by atoms with Crippen LogP contribution in [0.4, 0.5) is 0 Å². The van der Waals surface area contributed by atoms with E-state index in [0.717, 1.165) is 12.0 Å². The summed E-state index contributed by atoms with van der Waals surface area (Å²) in [5.74, 6) is -0.620. The first kappa shape index (κ1) is 27.2. The number of carbonyl (C=O) groups excluding carboxylic acids is 2. The number of benzene rings is 1. The van der Waals surface area contributed by atoms with Gasteiger partial charge in [-0.15, -0.1) is 0 Å². The smallest absolute Gasteiger partial charge is 0.295 e. The highest BCUT2D eigenvalue weighted by Gasteiger charge is 2.46. The molecule has 9 nitrogen and oxygen atoms in total. The zero-order valence-electron chi connectivity index (χ0n) is 22.6. The summed E-state index contributed by atoms with van der Waals surface area (Å²) in [4.78, 5) is 32.8. The van der Waals surface area contributed by atoms with E-state index in [1.54, 1.807) is 25.3 Å². The van der Waals surface area contributed by atoms with E-state index in [9.17, 15) is 14.7 Å². The number of aliphatic hydroxyl groups excluding tert-OH is 1. The lowest BCUT2D eigenvalue weighted by Crippen LogP contribution is -2.31. The molecule has 1 aliphatic heterocycles. The molecule has 1 aliphatic rings. The highest BCUT2D eigenvalue weighted by atomic mass is 16.5. The molecule has 4 rings (SSSR count). The van der Waals surface area contributed by atoms with Gasteiger partial charge in [-0.1, -0.05) is 19.1 Å². The highest BCUT2D eigenvalue weighted by Crippen LogP contribution is 2.42. The Morgan fingerprint density at radius 1 is 1.08 bits per heavy atom. The first-order valence-corrected chi connectivity index (χ1v) is 12.9. The third-order valence-electron chi connectivity index (χ3n) is 6.64. The van der Waals surface area contributed by atoms with Gasteiger partial charge in [0.1, 0.15) is 11.3 Å². The minimum Gasteiger partial charge on any atom is -0.505 e. The predicted octanol–water partition coefficient (Wildman–Crippen LogP) is 4.60. The van der Waals surface area contributed by atoms with Gasteiger partial charge in [-0.2, -0.15) is 0 Å². The van der Waals surface area contributed by atoms with Crippen LogP contribution in [0.2, 0.25) is 0 Å². The Bertz CT molecular complexity index is 1380. The van der Waals surface area contributed by atoms with E-state index >= 15 is 0 Å². The molecule has 1 atom stereocenters. The summed E-state index contributed by atoms with van der Waals surface area (Å²) in [7, 11) is 1.59. The fourth-order valence-electron chi connectivity index (χ4n) is 4.80. The lowest BCUT2D eigenvalue weighted by molar-refractivity contribution is -0.140. The van der Waals surface area contributed by atoms with Crippen LogP contribution in [-0.4, -0.2) is 64.6 Å². The standard InChI is InChI=1S/C29H35N3O6/c1-6-15-38-21-12-11-20(17-22(21)37-7-2)25-23(27(34)29(35)32(25)14-9-16-36-5)26(33)24-19(4)31-13-8-10-18(3)28(31)30-24/h8,10-13,17,25,33H,6-7,9,14-16H2,1-5H3. The molecule has 1 fully saturated rings. The number of amides is 1. The van der Waals surface area contributed by atoms with Crippen LogP contribution < -0.4 is 9.47 Å². The van der Waals surface area contributed by atoms with E-state index in [-0.39, 0.29) is 23.6 Å². The van der Waals surface area contributed by atoms with Crippen LogP contribution in [0.1, 0.15) is 55.2 Å². The lowest BCUT2D eigenvalue weighted by Gasteiger charge is -2.26. The number of aryl methyl sites for hydroxylation is 2. The fourth-order valence-corrected chi connectivity index (χ4v) is 4.80. The number of Topliss-reactive ketones (excluding diaryl/α,β-unsaturated/α-hetero) is 1. The van der Waals surface area contributed by atoms with Gasteiger partial charge in [0.2, 0.25) is 0 Å². The van der Waals surface area contributed by atoms with Crippen molar-refractivity contribution >= 4 is 23.1 Å². The summed E-state index contributed by atoms with van der Waals surface area (Å²) in [6.07, 6.45) is 3.22. The van der Waals surface area contributed by atoms with Crippen molar-refractivity contribution < 1.29 is 28.9 Å². The van der Waals surface area contributed by atoms with Gasteiger partial charge in [0, 0.05) is 26.5 Å². The summed E-state index contributed by atoms with van der Waals surface area (Å²) in [6.45, 7) is 9.30. The van der Waals surface area contributed by atoms with Crippen LogP contribution in [0.25, 0.3) is 11.4 Å². The van der Waals surface area contributed by atoms with E-state index in [4.69, 9.17) is 14.2 Å². The Morgan fingerprint density at radius 3 is 2.55 bits per heavy atom. The number of fused-ring (bicyclic) bond motifs is 1. The van der Waals surface area contributed by atoms with E-state index in [0.29, 0.717) is 54.6 Å².